The van der Waals surface area contributed by atoms with E-state index in [4.69, 9.17) is 10.2 Å². The van der Waals surface area contributed by atoms with Crippen LogP contribution in [0.4, 0.5) is 0 Å². The minimum atomic E-state index is 0.624. The fourth-order valence-electron chi connectivity index (χ4n) is 4.01. The van der Waals surface area contributed by atoms with Crippen LogP contribution in [0.15, 0.2) is 10.6 Å². The average molecular weight is 262 g/mol. The van der Waals surface area contributed by atoms with E-state index in [2.05, 4.69) is 4.98 Å². The highest BCUT2D eigenvalue weighted by Crippen LogP contribution is 2.46. The number of hydrogen-bond donors (Lipinski definition) is 1. The molecule has 2 aliphatic carbocycles. The number of fused-ring (bicyclic) bond motifs is 1. The zero-order valence-corrected chi connectivity index (χ0v) is 11.8. The van der Waals surface area contributed by atoms with Crippen LogP contribution < -0.4 is 5.73 Å². The summed E-state index contributed by atoms with van der Waals surface area (Å²) >= 11 is 0. The highest BCUT2D eigenvalue weighted by Gasteiger charge is 2.34. The smallest absolute Gasteiger partial charge is 0.194 e. The Morgan fingerprint density at radius 1 is 1.16 bits per heavy atom. The number of aromatic nitrogens is 1. The average Bonchev–Trinajstić information content (AvgIpc) is 2.93. The van der Waals surface area contributed by atoms with E-state index in [1.165, 1.54) is 44.9 Å². The Bertz CT molecular complexity index is 401. The van der Waals surface area contributed by atoms with Crippen molar-refractivity contribution in [2.45, 2.75) is 63.7 Å². The molecule has 0 bridgehead atoms. The van der Waals surface area contributed by atoms with E-state index in [0.717, 1.165) is 36.3 Å². The monoisotopic (exact) mass is 262 g/mol. The van der Waals surface area contributed by atoms with Crippen LogP contribution in [0.3, 0.4) is 0 Å². The van der Waals surface area contributed by atoms with Gasteiger partial charge in [-0.25, -0.2) is 4.98 Å². The van der Waals surface area contributed by atoms with Gasteiger partial charge in [-0.2, -0.15) is 0 Å². The van der Waals surface area contributed by atoms with Crippen LogP contribution in [0, 0.1) is 11.8 Å². The minimum absolute atomic E-state index is 0.624. The van der Waals surface area contributed by atoms with Crippen molar-refractivity contribution >= 4 is 0 Å². The molecule has 0 saturated heterocycles. The van der Waals surface area contributed by atoms with E-state index in [1.54, 1.807) is 0 Å². The third-order valence-corrected chi connectivity index (χ3v) is 5.11. The van der Waals surface area contributed by atoms with E-state index in [0.29, 0.717) is 12.5 Å². The molecule has 0 radical (unpaired) electrons. The first-order chi connectivity index (χ1) is 9.36. The van der Waals surface area contributed by atoms with Crippen LogP contribution >= 0.6 is 0 Å². The van der Waals surface area contributed by atoms with Crippen molar-refractivity contribution in [3.63, 3.8) is 0 Å². The summed E-state index contributed by atoms with van der Waals surface area (Å²) in [7, 11) is 0. The molecule has 0 amide bonds. The minimum Gasteiger partial charge on any atom is -0.445 e. The quantitative estimate of drug-likeness (QED) is 0.901. The topological polar surface area (TPSA) is 52.0 Å². The summed E-state index contributed by atoms with van der Waals surface area (Å²) in [5, 5.41) is 0. The van der Waals surface area contributed by atoms with Gasteiger partial charge in [0.15, 0.2) is 5.89 Å². The van der Waals surface area contributed by atoms with Gasteiger partial charge in [0.25, 0.3) is 0 Å². The maximum Gasteiger partial charge on any atom is 0.194 e. The molecule has 3 rings (SSSR count). The summed E-state index contributed by atoms with van der Waals surface area (Å²) in [5.41, 5.74) is 5.53. The molecular formula is C16H26N2O. The predicted molar refractivity (Wildman–Crippen MR) is 75.9 cm³/mol. The lowest BCUT2D eigenvalue weighted by molar-refractivity contribution is 0.147. The number of oxazole rings is 1. The van der Waals surface area contributed by atoms with Crippen molar-refractivity contribution in [2.75, 3.05) is 6.54 Å². The van der Waals surface area contributed by atoms with E-state index >= 15 is 0 Å². The van der Waals surface area contributed by atoms with Crippen LogP contribution in [0.5, 0.6) is 0 Å². The predicted octanol–water partition coefficient (Wildman–Crippen LogP) is 3.64. The molecule has 3 unspecified atom stereocenters. The van der Waals surface area contributed by atoms with Crippen molar-refractivity contribution in [1.29, 1.82) is 0 Å². The summed E-state index contributed by atoms with van der Waals surface area (Å²) in [6.45, 7) is 0.713. The molecule has 1 heterocycles. The standard InChI is InChI=1S/C16H26N2O/c17-9-3-6-16-18-11-15(19-16)14-8-7-12-4-1-2-5-13(12)10-14/h11-14H,1-10,17H2. The van der Waals surface area contributed by atoms with Crippen LogP contribution in [0.25, 0.3) is 0 Å². The fraction of sp³-hybridized carbons (Fsp3) is 0.812. The highest BCUT2D eigenvalue weighted by atomic mass is 16.4. The summed E-state index contributed by atoms with van der Waals surface area (Å²) < 4.78 is 5.94. The number of hydrogen-bond acceptors (Lipinski definition) is 3. The fourth-order valence-corrected chi connectivity index (χ4v) is 4.01. The van der Waals surface area contributed by atoms with Crippen LogP contribution in [-0.2, 0) is 6.42 Å². The number of rotatable bonds is 4. The maximum absolute atomic E-state index is 5.94. The van der Waals surface area contributed by atoms with Gasteiger partial charge in [-0.15, -0.1) is 0 Å². The number of aryl methyl sites for hydroxylation is 1. The highest BCUT2D eigenvalue weighted by molar-refractivity contribution is 5.05. The Kier molecular flexibility index (Phi) is 4.21. The molecule has 3 atom stereocenters. The molecule has 1 aromatic rings. The Balaban J connectivity index is 1.61. The Hall–Kier alpha value is -0.830. The molecule has 3 nitrogen and oxygen atoms in total. The summed E-state index contributed by atoms with van der Waals surface area (Å²) in [5.74, 6) is 4.59. The molecule has 2 aliphatic rings. The van der Waals surface area contributed by atoms with E-state index in [1.807, 2.05) is 6.20 Å². The largest absolute Gasteiger partial charge is 0.445 e. The van der Waals surface area contributed by atoms with Gasteiger partial charge in [-0.3, -0.25) is 0 Å². The zero-order valence-electron chi connectivity index (χ0n) is 11.8. The molecule has 3 heteroatoms. The Labute approximate surface area is 116 Å². The van der Waals surface area contributed by atoms with Crippen molar-refractivity contribution < 1.29 is 4.42 Å². The second-order valence-corrected chi connectivity index (χ2v) is 6.36. The van der Waals surface area contributed by atoms with E-state index < -0.39 is 0 Å². The molecule has 19 heavy (non-hydrogen) atoms. The summed E-state index contributed by atoms with van der Waals surface area (Å²) in [6, 6.07) is 0. The van der Waals surface area contributed by atoms with Gasteiger partial charge in [0.05, 0.1) is 6.20 Å². The summed E-state index contributed by atoms with van der Waals surface area (Å²) in [4.78, 5) is 4.41. The van der Waals surface area contributed by atoms with Gasteiger partial charge in [-0.1, -0.05) is 25.7 Å². The van der Waals surface area contributed by atoms with Crippen molar-refractivity contribution in [1.82, 2.24) is 4.98 Å². The molecule has 2 N–H and O–H groups in total. The first-order valence-electron chi connectivity index (χ1n) is 8.01. The normalized spacial score (nSPS) is 31.1. The second-order valence-electron chi connectivity index (χ2n) is 6.36. The summed E-state index contributed by atoms with van der Waals surface area (Å²) in [6.07, 6.45) is 13.6. The van der Waals surface area contributed by atoms with Gasteiger partial charge in [0.2, 0.25) is 0 Å². The third kappa shape index (κ3) is 3.02. The van der Waals surface area contributed by atoms with Gasteiger partial charge in [0, 0.05) is 12.3 Å². The van der Waals surface area contributed by atoms with Crippen molar-refractivity contribution in [2.24, 2.45) is 17.6 Å². The van der Waals surface area contributed by atoms with Gasteiger partial charge >= 0.3 is 0 Å². The van der Waals surface area contributed by atoms with Gasteiger partial charge in [-0.05, 0) is 44.1 Å². The van der Waals surface area contributed by atoms with Crippen LogP contribution in [0.2, 0.25) is 0 Å². The van der Waals surface area contributed by atoms with Crippen molar-refractivity contribution in [3.05, 3.63) is 17.8 Å². The lowest BCUT2D eigenvalue weighted by Gasteiger charge is -2.38. The third-order valence-electron chi connectivity index (χ3n) is 5.11. The number of nitrogens with two attached hydrogens (primary N) is 1. The van der Waals surface area contributed by atoms with Crippen LogP contribution in [0.1, 0.15) is 68.9 Å². The van der Waals surface area contributed by atoms with E-state index in [9.17, 15) is 0 Å². The Morgan fingerprint density at radius 2 is 2.00 bits per heavy atom. The molecule has 106 valence electrons. The maximum atomic E-state index is 5.94. The molecule has 0 aliphatic heterocycles. The SMILES string of the molecule is NCCCc1ncc(C2CCC3CCCCC3C2)o1. The molecule has 2 fully saturated rings. The van der Waals surface area contributed by atoms with Crippen LogP contribution in [-0.4, -0.2) is 11.5 Å². The lowest BCUT2D eigenvalue weighted by Crippen LogP contribution is -2.26. The second kappa shape index (κ2) is 6.08. The van der Waals surface area contributed by atoms with Gasteiger partial charge in [0.1, 0.15) is 5.76 Å². The van der Waals surface area contributed by atoms with Gasteiger partial charge < -0.3 is 10.2 Å². The molecular weight excluding hydrogens is 236 g/mol. The molecule has 0 aromatic carbocycles. The molecule has 2 saturated carbocycles. The first kappa shape index (κ1) is 13.2. The zero-order chi connectivity index (χ0) is 13.1. The molecule has 1 aromatic heterocycles. The number of nitrogens with zero attached hydrogens (tertiary/aromatic N) is 1. The molecule has 0 spiro atoms. The van der Waals surface area contributed by atoms with E-state index in [-0.39, 0.29) is 0 Å². The lowest BCUT2D eigenvalue weighted by atomic mass is 9.67. The Morgan fingerprint density at radius 3 is 2.84 bits per heavy atom. The van der Waals surface area contributed by atoms with Crippen molar-refractivity contribution in [3.8, 4) is 0 Å². The first-order valence-corrected chi connectivity index (χ1v) is 8.01.